The van der Waals surface area contributed by atoms with Crippen LogP contribution in [0.5, 0.6) is 0 Å². The zero-order valence-electron chi connectivity index (χ0n) is 10.6. The Morgan fingerprint density at radius 1 is 1.37 bits per heavy atom. The van der Waals surface area contributed by atoms with Gasteiger partial charge in [0.1, 0.15) is 5.69 Å². The zero-order chi connectivity index (χ0) is 13.7. The molecule has 7 nitrogen and oxygen atoms in total. The van der Waals surface area contributed by atoms with Gasteiger partial charge >= 0.3 is 0 Å². The van der Waals surface area contributed by atoms with Crippen LogP contribution in [0.4, 0.5) is 5.69 Å². The van der Waals surface area contributed by atoms with Gasteiger partial charge in [-0.2, -0.15) is 0 Å². The molecule has 0 atom stereocenters. The standard InChI is InChI=1S/C11H15N4O3.Re/c1-7(16)13-5-10(17)14-8-4-9(11(18)12-2)15(3)6-8;/h4,6H,2,5H2,1,3H3,(H,12,18)(H,13,16)(H,14,17);/q-1;. The van der Waals surface area contributed by atoms with Crippen LogP contribution in [0.3, 0.4) is 0 Å². The fourth-order valence-electron chi connectivity index (χ4n) is 1.36. The molecular formula is C11H15N4O3Re-. The van der Waals surface area contributed by atoms with Crippen LogP contribution in [-0.2, 0) is 37.1 Å². The van der Waals surface area contributed by atoms with E-state index in [0.717, 1.165) is 0 Å². The van der Waals surface area contributed by atoms with Gasteiger partial charge in [0.25, 0.3) is 0 Å². The molecule has 0 saturated heterocycles. The first-order valence-electron chi connectivity index (χ1n) is 5.22. The van der Waals surface area contributed by atoms with Gasteiger partial charge in [0.2, 0.25) is 17.7 Å². The molecule has 19 heavy (non-hydrogen) atoms. The molecule has 0 saturated carbocycles. The number of aromatic nitrogens is 1. The van der Waals surface area contributed by atoms with E-state index < -0.39 is 0 Å². The van der Waals surface area contributed by atoms with Crippen molar-refractivity contribution in [3.63, 3.8) is 0 Å². The summed E-state index contributed by atoms with van der Waals surface area (Å²) in [7, 11) is 4.95. The van der Waals surface area contributed by atoms with Crippen molar-refractivity contribution >= 4 is 23.4 Å². The summed E-state index contributed by atoms with van der Waals surface area (Å²) in [6.07, 6.45) is 1.59. The molecule has 0 aliphatic carbocycles. The third-order valence-electron chi connectivity index (χ3n) is 2.18. The summed E-state index contributed by atoms with van der Waals surface area (Å²) in [6, 6.07) is 1.52. The van der Waals surface area contributed by atoms with Gasteiger partial charge in [-0.15, -0.1) is 0 Å². The molecule has 1 aromatic heterocycles. The van der Waals surface area contributed by atoms with Crippen LogP contribution in [0.2, 0.25) is 0 Å². The van der Waals surface area contributed by atoms with Gasteiger partial charge in [-0.05, 0) is 6.07 Å². The molecule has 105 valence electrons. The molecule has 1 heterocycles. The van der Waals surface area contributed by atoms with Crippen LogP contribution in [0, 0.1) is 7.05 Å². The maximum Gasteiger partial charge on any atom is 0.243 e. The second kappa shape index (κ2) is 7.71. The first kappa shape index (κ1) is 17.4. The largest absolute Gasteiger partial charge is 0.503 e. The minimum Gasteiger partial charge on any atom is -0.503 e. The second-order valence-electron chi connectivity index (χ2n) is 3.69. The normalized spacial score (nSPS) is 9.21. The average molecular weight is 437 g/mol. The van der Waals surface area contributed by atoms with Crippen LogP contribution in [0.25, 0.3) is 0 Å². The van der Waals surface area contributed by atoms with Crippen molar-refractivity contribution in [2.75, 3.05) is 11.9 Å². The molecule has 0 unspecified atom stereocenters. The minimum absolute atomic E-state index is 0. The first-order valence-corrected chi connectivity index (χ1v) is 5.22. The Morgan fingerprint density at radius 3 is 2.53 bits per heavy atom. The van der Waals surface area contributed by atoms with Crippen molar-refractivity contribution < 1.29 is 34.8 Å². The quantitative estimate of drug-likeness (QED) is 0.561. The van der Waals surface area contributed by atoms with Crippen LogP contribution in [-0.4, -0.2) is 28.8 Å². The number of carbonyl (C=O) groups excluding carboxylic acids is 3. The summed E-state index contributed by atoms with van der Waals surface area (Å²) >= 11 is 0. The molecule has 3 N–H and O–H groups in total. The molecule has 0 aromatic carbocycles. The average Bonchev–Trinajstić information content (AvgIpc) is 2.66. The Bertz CT molecular complexity index is 484. The number of hydrogen-bond acceptors (Lipinski definition) is 3. The summed E-state index contributed by atoms with van der Waals surface area (Å²) in [6.45, 7) is 1.22. The van der Waals surface area contributed by atoms with Gasteiger partial charge in [-0.25, -0.2) is 0 Å². The summed E-state index contributed by atoms with van der Waals surface area (Å²) < 4.78 is 1.56. The van der Waals surface area contributed by atoms with Gasteiger partial charge < -0.3 is 20.5 Å². The van der Waals surface area contributed by atoms with Gasteiger partial charge in [0.05, 0.1) is 12.2 Å². The molecular weight excluding hydrogens is 422 g/mol. The molecule has 1 radical (unpaired) electrons. The summed E-state index contributed by atoms with van der Waals surface area (Å²) in [5, 5.41) is 7.19. The van der Waals surface area contributed by atoms with E-state index in [2.05, 4.69) is 23.0 Å². The minimum atomic E-state index is -0.364. The van der Waals surface area contributed by atoms with Crippen molar-refractivity contribution in [1.82, 2.24) is 15.2 Å². The summed E-state index contributed by atoms with van der Waals surface area (Å²) in [5.74, 6) is -0.993. The number of rotatable bonds is 4. The van der Waals surface area contributed by atoms with Crippen molar-refractivity contribution in [2.45, 2.75) is 6.92 Å². The summed E-state index contributed by atoms with van der Waals surface area (Å²) in [5.41, 5.74) is 0.853. The van der Waals surface area contributed by atoms with Crippen molar-refractivity contribution in [2.24, 2.45) is 7.05 Å². The molecule has 0 fully saturated rings. The molecule has 0 aliphatic rings. The number of anilines is 1. The fourth-order valence-corrected chi connectivity index (χ4v) is 1.36. The first-order chi connectivity index (χ1) is 8.43. The predicted molar refractivity (Wildman–Crippen MR) is 65.5 cm³/mol. The van der Waals surface area contributed by atoms with Crippen LogP contribution < -0.4 is 16.0 Å². The predicted octanol–water partition coefficient (Wildman–Crippen LogP) is -0.381. The Morgan fingerprint density at radius 2 is 2.00 bits per heavy atom. The van der Waals surface area contributed by atoms with E-state index in [9.17, 15) is 14.4 Å². The number of hydrogen-bond donors (Lipinski definition) is 3. The third-order valence-corrected chi connectivity index (χ3v) is 2.18. The molecule has 1 rings (SSSR count). The van der Waals surface area contributed by atoms with E-state index in [1.54, 1.807) is 17.8 Å². The Kier molecular flexibility index (Phi) is 7.05. The maximum atomic E-state index is 11.4. The monoisotopic (exact) mass is 438 g/mol. The fraction of sp³-hybridized carbons (Fsp3) is 0.273. The second-order valence-corrected chi connectivity index (χ2v) is 3.69. The molecule has 0 bridgehead atoms. The van der Waals surface area contributed by atoms with E-state index >= 15 is 0 Å². The van der Waals surface area contributed by atoms with Gasteiger partial charge in [-0.3, -0.25) is 21.4 Å². The van der Waals surface area contributed by atoms with E-state index in [-0.39, 0.29) is 44.7 Å². The Balaban J connectivity index is 0.00000324. The van der Waals surface area contributed by atoms with Gasteiger partial charge in [0, 0.05) is 40.6 Å². The molecule has 8 heteroatoms. The van der Waals surface area contributed by atoms with Gasteiger partial charge in [-0.1, -0.05) is 0 Å². The zero-order valence-corrected chi connectivity index (χ0v) is 13.3. The van der Waals surface area contributed by atoms with Crippen LogP contribution >= 0.6 is 0 Å². The van der Waals surface area contributed by atoms with E-state index in [1.807, 2.05) is 0 Å². The summed E-state index contributed by atoms with van der Waals surface area (Å²) in [4.78, 5) is 33.4. The van der Waals surface area contributed by atoms with Crippen molar-refractivity contribution in [3.8, 4) is 0 Å². The molecule has 1 aromatic rings. The van der Waals surface area contributed by atoms with Crippen LogP contribution in [0.1, 0.15) is 17.4 Å². The molecule has 0 aliphatic heterocycles. The SMILES string of the molecule is [CH2-]NC(=O)c1cc(NC(=O)CNC(C)=O)cn1C.[Re]. The number of nitrogens with zero attached hydrogens (tertiary/aromatic N) is 1. The number of nitrogens with one attached hydrogen (secondary N) is 3. The Hall–Kier alpha value is -1.65. The van der Waals surface area contributed by atoms with E-state index in [1.165, 1.54) is 13.0 Å². The Labute approximate surface area is 124 Å². The van der Waals surface area contributed by atoms with Gasteiger partial charge in [0.15, 0.2) is 0 Å². The van der Waals surface area contributed by atoms with Crippen molar-refractivity contribution in [3.05, 3.63) is 25.0 Å². The van der Waals surface area contributed by atoms with Crippen molar-refractivity contribution in [1.29, 1.82) is 0 Å². The number of aryl methyl sites for hydroxylation is 1. The van der Waals surface area contributed by atoms with E-state index in [4.69, 9.17) is 0 Å². The van der Waals surface area contributed by atoms with E-state index in [0.29, 0.717) is 11.4 Å². The van der Waals surface area contributed by atoms with Crippen LogP contribution in [0.15, 0.2) is 12.3 Å². The topological polar surface area (TPSA) is 92.2 Å². The molecule has 3 amide bonds. The third kappa shape index (κ3) is 5.24. The number of amides is 3. The molecule has 0 spiro atoms. The smallest absolute Gasteiger partial charge is 0.243 e. The maximum absolute atomic E-state index is 11.4. The number of carbonyl (C=O) groups is 3.